The predicted molar refractivity (Wildman–Crippen MR) is 120 cm³/mol. The van der Waals surface area contributed by atoms with E-state index in [0.717, 1.165) is 26.9 Å². The van der Waals surface area contributed by atoms with E-state index in [1.54, 1.807) is 19.1 Å². The molecule has 0 spiro atoms. The molecule has 12 heteroatoms. The number of nitrogens with zero attached hydrogens (tertiary/aromatic N) is 3. The summed E-state index contributed by atoms with van der Waals surface area (Å²) in [6.45, 7) is 3.56. The fourth-order valence-electron chi connectivity index (χ4n) is 2.93. The number of carbonyl (C=O) groups is 1. The number of hydrogen-bond donors (Lipinski definition) is 3. The molecular formula is C20H16BrN5O6. The molecule has 0 radical (unpaired) electrons. The van der Waals surface area contributed by atoms with Gasteiger partial charge < -0.3 is 5.11 Å². The van der Waals surface area contributed by atoms with Gasteiger partial charge in [0, 0.05) is 10.5 Å². The minimum absolute atomic E-state index is 0.237. The van der Waals surface area contributed by atoms with E-state index >= 15 is 0 Å². The number of amides is 1. The number of hydrogen-bond acceptors (Lipinski definition) is 7. The Kier molecular flexibility index (Phi) is 6.35. The largest absolute Gasteiger partial charge is 0.493 e. The molecular weight excluding hydrogens is 486 g/mol. The van der Waals surface area contributed by atoms with Crippen molar-refractivity contribution >= 4 is 33.7 Å². The van der Waals surface area contributed by atoms with Crippen molar-refractivity contribution in [2.75, 3.05) is 0 Å². The number of aromatic nitrogens is 2. The summed E-state index contributed by atoms with van der Waals surface area (Å²) in [5.41, 5.74) is 1.06. The van der Waals surface area contributed by atoms with Crippen molar-refractivity contribution in [1.82, 2.24) is 15.0 Å². The van der Waals surface area contributed by atoms with Crippen molar-refractivity contribution in [3.63, 3.8) is 0 Å². The Hall–Kier alpha value is -4.06. The van der Waals surface area contributed by atoms with E-state index in [0.29, 0.717) is 11.3 Å². The molecule has 0 unspecified atom stereocenters. The second-order valence-corrected chi connectivity index (χ2v) is 7.48. The highest BCUT2D eigenvalue weighted by atomic mass is 79.9. The summed E-state index contributed by atoms with van der Waals surface area (Å²) in [5, 5.41) is 25.3. The molecule has 0 aliphatic rings. The summed E-state index contributed by atoms with van der Waals surface area (Å²) >= 11 is 3.39. The number of carbonyl (C=O) groups excluding carboxylic acids is 1. The number of H-pyrrole nitrogens is 1. The lowest BCUT2D eigenvalue weighted by Gasteiger charge is -2.14. The highest BCUT2D eigenvalue weighted by molar-refractivity contribution is 9.10. The first kappa shape index (κ1) is 22.6. The summed E-state index contributed by atoms with van der Waals surface area (Å²) in [6.07, 6.45) is 0.845. The van der Waals surface area contributed by atoms with E-state index in [1.165, 1.54) is 18.2 Å². The molecule has 32 heavy (non-hydrogen) atoms. The van der Waals surface area contributed by atoms with Gasteiger partial charge in [-0.25, -0.2) is 14.8 Å². The third kappa shape index (κ3) is 4.21. The second kappa shape index (κ2) is 8.98. The van der Waals surface area contributed by atoms with Crippen LogP contribution >= 0.6 is 15.9 Å². The zero-order chi connectivity index (χ0) is 23.6. The molecule has 3 aromatic rings. The number of nitro groups is 1. The van der Waals surface area contributed by atoms with Crippen LogP contribution in [0.4, 0.5) is 5.69 Å². The van der Waals surface area contributed by atoms with Crippen molar-refractivity contribution in [1.29, 1.82) is 0 Å². The molecule has 164 valence electrons. The van der Waals surface area contributed by atoms with Crippen LogP contribution < -0.4 is 16.7 Å². The Labute approximate surface area is 188 Å². The normalized spacial score (nSPS) is 11.0. The van der Waals surface area contributed by atoms with Gasteiger partial charge in [0.25, 0.3) is 17.2 Å². The number of rotatable bonds is 5. The number of para-hydroxylation sites is 1. The SMILES string of the molecule is Cc1c(Br)ccc(-n2c(O)c(/C=N/NC(=O)c3ccccc3[N+](=O)[O-])c(=O)[nH]c2=O)c1C. The van der Waals surface area contributed by atoms with E-state index in [1.807, 2.05) is 6.92 Å². The number of nitro benzene ring substituents is 1. The monoisotopic (exact) mass is 501 g/mol. The van der Waals surface area contributed by atoms with Gasteiger partial charge in [0.1, 0.15) is 11.1 Å². The maximum Gasteiger partial charge on any atom is 0.335 e. The van der Waals surface area contributed by atoms with E-state index < -0.39 is 39.2 Å². The van der Waals surface area contributed by atoms with Crippen molar-refractivity contribution in [3.8, 4) is 11.6 Å². The van der Waals surface area contributed by atoms with Gasteiger partial charge in [-0.2, -0.15) is 5.10 Å². The number of nitrogens with one attached hydrogen (secondary N) is 2. The van der Waals surface area contributed by atoms with Gasteiger partial charge in [-0.3, -0.25) is 24.7 Å². The second-order valence-electron chi connectivity index (χ2n) is 6.62. The van der Waals surface area contributed by atoms with E-state index in [9.17, 15) is 29.6 Å². The van der Waals surface area contributed by atoms with E-state index in [-0.39, 0.29) is 5.56 Å². The minimum atomic E-state index is -0.932. The molecule has 0 aliphatic heterocycles. The highest BCUT2D eigenvalue weighted by Crippen LogP contribution is 2.26. The molecule has 11 nitrogen and oxygen atoms in total. The summed E-state index contributed by atoms with van der Waals surface area (Å²) in [4.78, 5) is 49.3. The van der Waals surface area contributed by atoms with Gasteiger partial charge in [0.2, 0.25) is 5.88 Å². The van der Waals surface area contributed by atoms with E-state index in [4.69, 9.17) is 0 Å². The van der Waals surface area contributed by atoms with Crippen LogP contribution in [-0.4, -0.2) is 31.7 Å². The summed E-state index contributed by atoms with van der Waals surface area (Å²) < 4.78 is 1.71. The molecule has 3 rings (SSSR count). The predicted octanol–water partition coefficient (Wildman–Crippen LogP) is 2.28. The smallest absolute Gasteiger partial charge is 0.335 e. The molecule has 1 amide bonds. The first-order chi connectivity index (χ1) is 15.1. The Bertz CT molecular complexity index is 1390. The average Bonchev–Trinajstić information content (AvgIpc) is 2.75. The van der Waals surface area contributed by atoms with Crippen LogP contribution in [0.5, 0.6) is 5.88 Å². The van der Waals surface area contributed by atoms with Gasteiger partial charge in [-0.15, -0.1) is 0 Å². The van der Waals surface area contributed by atoms with Gasteiger partial charge >= 0.3 is 5.69 Å². The third-order valence-corrected chi connectivity index (χ3v) is 5.62. The van der Waals surface area contributed by atoms with Crippen LogP contribution in [0, 0.1) is 24.0 Å². The van der Waals surface area contributed by atoms with Crippen molar-refractivity contribution in [3.05, 3.63) is 94.1 Å². The van der Waals surface area contributed by atoms with Crippen LogP contribution in [0.25, 0.3) is 5.69 Å². The van der Waals surface area contributed by atoms with Gasteiger partial charge in [-0.05, 0) is 43.2 Å². The lowest BCUT2D eigenvalue weighted by atomic mass is 10.1. The van der Waals surface area contributed by atoms with Crippen LogP contribution in [0.2, 0.25) is 0 Å². The Morgan fingerprint density at radius 2 is 1.91 bits per heavy atom. The summed E-state index contributed by atoms with van der Waals surface area (Å²) in [7, 11) is 0. The maximum absolute atomic E-state index is 12.4. The number of hydrazone groups is 1. The Morgan fingerprint density at radius 3 is 2.59 bits per heavy atom. The van der Waals surface area contributed by atoms with Crippen molar-refractivity contribution in [2.24, 2.45) is 5.10 Å². The lowest BCUT2D eigenvalue weighted by molar-refractivity contribution is -0.385. The van der Waals surface area contributed by atoms with Gasteiger partial charge in [-0.1, -0.05) is 28.1 Å². The zero-order valence-corrected chi connectivity index (χ0v) is 18.3. The highest BCUT2D eigenvalue weighted by Gasteiger charge is 2.20. The molecule has 1 aromatic heterocycles. The lowest BCUT2D eigenvalue weighted by Crippen LogP contribution is -2.32. The van der Waals surface area contributed by atoms with Crippen LogP contribution in [0.3, 0.4) is 0 Å². The molecule has 0 bridgehead atoms. The van der Waals surface area contributed by atoms with Crippen LogP contribution in [0.15, 0.2) is 55.6 Å². The average molecular weight is 502 g/mol. The Morgan fingerprint density at radius 1 is 1.22 bits per heavy atom. The van der Waals surface area contributed by atoms with Crippen LogP contribution in [0.1, 0.15) is 27.0 Å². The number of aromatic amines is 1. The molecule has 0 aliphatic carbocycles. The van der Waals surface area contributed by atoms with Gasteiger partial charge in [0.05, 0.1) is 16.8 Å². The first-order valence-electron chi connectivity index (χ1n) is 9.04. The topological polar surface area (TPSA) is 160 Å². The fraction of sp³-hybridized carbons (Fsp3) is 0.100. The van der Waals surface area contributed by atoms with Crippen molar-refractivity contribution in [2.45, 2.75) is 13.8 Å². The molecule has 0 fully saturated rings. The van der Waals surface area contributed by atoms with E-state index in [2.05, 4.69) is 31.4 Å². The summed E-state index contributed by atoms with van der Waals surface area (Å²) in [5.74, 6) is -1.58. The summed E-state index contributed by atoms with van der Waals surface area (Å²) in [6, 6.07) is 8.53. The molecule has 0 atom stereocenters. The number of aromatic hydroxyl groups is 1. The zero-order valence-electron chi connectivity index (χ0n) is 16.7. The Balaban J connectivity index is 1.99. The number of halogens is 1. The minimum Gasteiger partial charge on any atom is -0.493 e. The third-order valence-electron chi connectivity index (χ3n) is 4.76. The molecule has 1 heterocycles. The van der Waals surface area contributed by atoms with Crippen LogP contribution in [-0.2, 0) is 0 Å². The van der Waals surface area contributed by atoms with Gasteiger partial charge in [0.15, 0.2) is 0 Å². The molecule has 3 N–H and O–H groups in total. The number of benzene rings is 2. The maximum atomic E-state index is 12.4. The molecule has 2 aromatic carbocycles. The standard InChI is InChI=1S/C20H16BrN5O6/c1-10-11(2)15(8-7-14(10)21)25-19(29)13(17(27)23-20(25)30)9-22-24-18(28)12-5-3-4-6-16(12)26(31)32/h3-9,29H,1-2H3,(H,24,28)(H,23,27,30)/b22-9+. The molecule has 0 saturated heterocycles. The fourth-order valence-corrected chi connectivity index (χ4v) is 3.36. The van der Waals surface area contributed by atoms with Crippen molar-refractivity contribution < 1.29 is 14.8 Å². The first-order valence-corrected chi connectivity index (χ1v) is 9.84. The molecule has 0 saturated carbocycles. The quantitative estimate of drug-likeness (QED) is 0.276.